The maximum atomic E-state index is 12.2. The van der Waals surface area contributed by atoms with Crippen LogP contribution in [-0.2, 0) is 10.0 Å². The molecule has 19 heavy (non-hydrogen) atoms. The van der Waals surface area contributed by atoms with Crippen molar-refractivity contribution >= 4 is 10.0 Å². The van der Waals surface area contributed by atoms with Gasteiger partial charge in [0.25, 0.3) is 0 Å². The summed E-state index contributed by atoms with van der Waals surface area (Å²) >= 11 is 0. The van der Waals surface area contributed by atoms with Crippen molar-refractivity contribution in [2.75, 3.05) is 20.8 Å². The number of nitrogens with one attached hydrogen (secondary N) is 1. The van der Waals surface area contributed by atoms with Gasteiger partial charge in [-0.05, 0) is 25.5 Å². The second-order valence-electron chi connectivity index (χ2n) is 4.05. The van der Waals surface area contributed by atoms with Gasteiger partial charge >= 0.3 is 0 Å². The summed E-state index contributed by atoms with van der Waals surface area (Å²) < 4.78 is 37.0. The lowest BCUT2D eigenvalue weighted by molar-refractivity contribution is 0.275. The second kappa shape index (κ2) is 6.74. The highest BCUT2D eigenvalue weighted by Crippen LogP contribution is 2.28. The van der Waals surface area contributed by atoms with Crippen LogP contribution in [0.3, 0.4) is 0 Å². The van der Waals surface area contributed by atoms with Crippen LogP contribution >= 0.6 is 0 Å². The minimum Gasteiger partial charge on any atom is -0.497 e. The number of hydrogen-bond donors (Lipinski definition) is 2. The summed E-state index contributed by atoms with van der Waals surface area (Å²) in [4.78, 5) is 0.0131. The molecule has 0 spiro atoms. The van der Waals surface area contributed by atoms with Crippen LogP contribution in [0.1, 0.15) is 13.3 Å². The van der Waals surface area contributed by atoms with E-state index in [0.29, 0.717) is 12.2 Å². The van der Waals surface area contributed by atoms with Gasteiger partial charge in [0, 0.05) is 18.7 Å². The van der Waals surface area contributed by atoms with E-state index in [-0.39, 0.29) is 23.3 Å². The average molecular weight is 289 g/mol. The molecule has 108 valence electrons. The maximum absolute atomic E-state index is 12.2. The fourth-order valence-electron chi connectivity index (χ4n) is 1.57. The summed E-state index contributed by atoms with van der Waals surface area (Å²) in [6.07, 6.45) is 0.339. The SMILES string of the molecule is COc1ccc(OC)c(S(=O)(=O)NC(C)CCO)c1. The molecular formula is C12H19NO5S. The molecule has 1 unspecified atom stereocenters. The number of sulfonamides is 1. The van der Waals surface area contributed by atoms with Gasteiger partial charge in [0.2, 0.25) is 10.0 Å². The molecule has 0 saturated heterocycles. The van der Waals surface area contributed by atoms with E-state index >= 15 is 0 Å². The Balaban J connectivity index is 3.11. The Kier molecular flexibility index (Phi) is 5.59. The minimum atomic E-state index is -3.72. The van der Waals surface area contributed by atoms with E-state index in [9.17, 15) is 8.42 Å². The van der Waals surface area contributed by atoms with Crippen molar-refractivity contribution in [3.05, 3.63) is 18.2 Å². The van der Waals surface area contributed by atoms with Gasteiger partial charge in [-0.2, -0.15) is 0 Å². The van der Waals surface area contributed by atoms with Crippen LogP contribution in [0.15, 0.2) is 23.1 Å². The van der Waals surface area contributed by atoms with E-state index in [1.807, 2.05) is 0 Å². The van der Waals surface area contributed by atoms with Crippen molar-refractivity contribution in [3.63, 3.8) is 0 Å². The fourth-order valence-corrected chi connectivity index (χ4v) is 3.04. The van der Waals surface area contributed by atoms with Crippen molar-refractivity contribution in [1.82, 2.24) is 4.72 Å². The molecule has 1 aromatic carbocycles. The molecule has 1 rings (SSSR count). The van der Waals surface area contributed by atoms with Gasteiger partial charge in [0.05, 0.1) is 14.2 Å². The van der Waals surface area contributed by atoms with Crippen molar-refractivity contribution in [2.24, 2.45) is 0 Å². The number of aliphatic hydroxyl groups is 1. The molecule has 0 saturated carbocycles. The Morgan fingerprint density at radius 1 is 1.32 bits per heavy atom. The zero-order valence-electron chi connectivity index (χ0n) is 11.2. The number of ether oxygens (including phenoxy) is 2. The molecule has 0 aromatic heterocycles. The van der Waals surface area contributed by atoms with Crippen LogP contribution in [0.25, 0.3) is 0 Å². The molecule has 2 N–H and O–H groups in total. The van der Waals surface area contributed by atoms with E-state index in [0.717, 1.165) is 0 Å². The van der Waals surface area contributed by atoms with Crippen LogP contribution in [-0.4, -0.2) is 40.4 Å². The van der Waals surface area contributed by atoms with E-state index < -0.39 is 10.0 Å². The summed E-state index contributed by atoms with van der Waals surface area (Å²) in [6, 6.07) is 4.18. The van der Waals surface area contributed by atoms with Crippen molar-refractivity contribution in [3.8, 4) is 11.5 Å². The second-order valence-corrected chi connectivity index (χ2v) is 5.73. The summed E-state index contributed by atoms with van der Waals surface area (Å²) in [6.45, 7) is 1.60. The third-order valence-electron chi connectivity index (χ3n) is 2.58. The molecule has 0 amide bonds. The predicted octanol–water partition coefficient (Wildman–Crippen LogP) is 0.753. The lowest BCUT2D eigenvalue weighted by Crippen LogP contribution is -2.33. The van der Waals surface area contributed by atoms with Crippen molar-refractivity contribution in [1.29, 1.82) is 0 Å². The standard InChI is InChI=1S/C12H19NO5S/c1-9(6-7-14)13-19(15,16)12-8-10(17-2)4-5-11(12)18-3/h4-5,8-9,13-14H,6-7H2,1-3H3. The smallest absolute Gasteiger partial charge is 0.244 e. The number of rotatable bonds is 7. The summed E-state index contributed by atoms with van der Waals surface area (Å²) in [5.74, 6) is 0.667. The fraction of sp³-hybridized carbons (Fsp3) is 0.500. The van der Waals surface area contributed by atoms with Crippen LogP contribution in [0.2, 0.25) is 0 Å². The highest BCUT2D eigenvalue weighted by Gasteiger charge is 2.22. The number of methoxy groups -OCH3 is 2. The molecule has 7 heteroatoms. The number of benzene rings is 1. The summed E-state index contributed by atoms with van der Waals surface area (Å²) in [5, 5.41) is 8.81. The Labute approximate surface area is 113 Å². The Morgan fingerprint density at radius 2 is 2.00 bits per heavy atom. The predicted molar refractivity (Wildman–Crippen MR) is 71.0 cm³/mol. The zero-order chi connectivity index (χ0) is 14.5. The van der Waals surface area contributed by atoms with Crippen LogP contribution < -0.4 is 14.2 Å². The largest absolute Gasteiger partial charge is 0.497 e. The maximum Gasteiger partial charge on any atom is 0.244 e. The van der Waals surface area contributed by atoms with Crippen molar-refractivity contribution < 1.29 is 23.0 Å². The van der Waals surface area contributed by atoms with Crippen LogP contribution in [0.4, 0.5) is 0 Å². The highest BCUT2D eigenvalue weighted by atomic mass is 32.2. The van der Waals surface area contributed by atoms with E-state index in [1.54, 1.807) is 13.0 Å². The number of aliphatic hydroxyl groups excluding tert-OH is 1. The lowest BCUT2D eigenvalue weighted by Gasteiger charge is -2.15. The van der Waals surface area contributed by atoms with Crippen LogP contribution in [0.5, 0.6) is 11.5 Å². The summed E-state index contributed by atoms with van der Waals surface area (Å²) in [5.41, 5.74) is 0. The topological polar surface area (TPSA) is 84.9 Å². The van der Waals surface area contributed by atoms with Gasteiger partial charge < -0.3 is 14.6 Å². The first-order chi connectivity index (χ1) is 8.94. The molecule has 0 fully saturated rings. The van der Waals surface area contributed by atoms with Crippen molar-refractivity contribution in [2.45, 2.75) is 24.3 Å². The van der Waals surface area contributed by atoms with Gasteiger partial charge in [-0.1, -0.05) is 0 Å². The quantitative estimate of drug-likeness (QED) is 0.774. The van der Waals surface area contributed by atoms with Gasteiger partial charge in [-0.15, -0.1) is 0 Å². The third kappa shape index (κ3) is 4.09. The lowest BCUT2D eigenvalue weighted by atomic mass is 10.3. The molecule has 1 atom stereocenters. The third-order valence-corrected chi connectivity index (χ3v) is 4.19. The highest BCUT2D eigenvalue weighted by molar-refractivity contribution is 7.89. The van der Waals surface area contributed by atoms with Gasteiger partial charge in [-0.25, -0.2) is 13.1 Å². The molecule has 0 radical (unpaired) electrons. The molecule has 0 aliphatic heterocycles. The average Bonchev–Trinajstić information content (AvgIpc) is 2.37. The molecule has 0 heterocycles. The van der Waals surface area contributed by atoms with Crippen LogP contribution in [0, 0.1) is 0 Å². The van der Waals surface area contributed by atoms with Gasteiger partial charge in [0.15, 0.2) is 0 Å². The minimum absolute atomic E-state index is 0.0131. The normalized spacial score (nSPS) is 13.1. The monoisotopic (exact) mass is 289 g/mol. The Morgan fingerprint density at radius 3 is 2.53 bits per heavy atom. The first kappa shape index (κ1) is 15.7. The molecule has 6 nitrogen and oxygen atoms in total. The molecule has 0 aliphatic carbocycles. The molecule has 0 bridgehead atoms. The molecular weight excluding hydrogens is 270 g/mol. The van der Waals surface area contributed by atoms with E-state index in [2.05, 4.69) is 4.72 Å². The molecule has 1 aromatic rings. The number of hydrogen-bond acceptors (Lipinski definition) is 5. The first-order valence-electron chi connectivity index (χ1n) is 5.79. The first-order valence-corrected chi connectivity index (χ1v) is 7.28. The van der Waals surface area contributed by atoms with Gasteiger partial charge in [0.1, 0.15) is 16.4 Å². The Bertz CT molecular complexity index is 515. The zero-order valence-corrected chi connectivity index (χ0v) is 12.0. The summed E-state index contributed by atoms with van der Waals surface area (Å²) in [7, 11) is -0.864. The Hall–Kier alpha value is -1.31. The van der Waals surface area contributed by atoms with Gasteiger partial charge in [-0.3, -0.25) is 0 Å². The molecule has 0 aliphatic rings. The van der Waals surface area contributed by atoms with E-state index in [4.69, 9.17) is 14.6 Å². The van der Waals surface area contributed by atoms with E-state index in [1.165, 1.54) is 26.4 Å².